The van der Waals surface area contributed by atoms with E-state index in [4.69, 9.17) is 0 Å². The third-order valence-corrected chi connectivity index (χ3v) is 5.42. The molecular weight excluding hydrogens is 350 g/mol. The van der Waals surface area contributed by atoms with Gasteiger partial charge in [-0.15, -0.1) is 0 Å². The van der Waals surface area contributed by atoms with Crippen LogP contribution in [-0.2, 0) is 19.6 Å². The summed E-state index contributed by atoms with van der Waals surface area (Å²) in [4.78, 5) is 4.63. The van der Waals surface area contributed by atoms with E-state index in [1.54, 1.807) is 6.07 Å². The van der Waals surface area contributed by atoms with E-state index in [0.29, 0.717) is 13.0 Å². The van der Waals surface area contributed by atoms with Crippen LogP contribution in [0.2, 0.25) is 0 Å². The minimum atomic E-state index is -0.821. The Kier molecular flexibility index (Phi) is 6.57. The van der Waals surface area contributed by atoms with Gasteiger partial charge in [0.15, 0.2) is 11.6 Å². The second-order valence-electron chi connectivity index (χ2n) is 7.19. The molecular formula is C20H28F2N4O. The number of benzene rings is 1. The number of aryl methyl sites for hydroxylation is 1. The first-order chi connectivity index (χ1) is 13.0. The second kappa shape index (κ2) is 8.91. The molecule has 0 aliphatic carbocycles. The summed E-state index contributed by atoms with van der Waals surface area (Å²) in [6.07, 6.45) is 2.60. The lowest BCUT2D eigenvalue weighted by Gasteiger charge is -2.41. The molecule has 3 rings (SSSR count). The van der Waals surface area contributed by atoms with Crippen molar-refractivity contribution in [1.82, 2.24) is 19.6 Å². The van der Waals surface area contributed by atoms with Crippen LogP contribution < -0.4 is 0 Å². The third-order valence-electron chi connectivity index (χ3n) is 5.42. The van der Waals surface area contributed by atoms with Gasteiger partial charge >= 0.3 is 0 Å². The number of piperazine rings is 1. The lowest BCUT2D eigenvalue weighted by atomic mass is 10.1. The average Bonchev–Trinajstić information content (AvgIpc) is 3.00. The van der Waals surface area contributed by atoms with Crippen LogP contribution >= 0.6 is 0 Å². The van der Waals surface area contributed by atoms with Gasteiger partial charge in [0.2, 0.25) is 0 Å². The number of nitrogens with zero attached hydrogens (tertiary/aromatic N) is 4. The summed E-state index contributed by atoms with van der Waals surface area (Å²) in [5.74, 6) is -1.63. The number of aliphatic hydroxyl groups is 1. The molecule has 1 N–H and O–H groups in total. The molecule has 0 radical (unpaired) electrons. The van der Waals surface area contributed by atoms with Crippen LogP contribution in [0.15, 0.2) is 24.4 Å². The Balaban J connectivity index is 1.65. The molecule has 2 aromatic rings. The maximum absolute atomic E-state index is 13.5. The highest BCUT2D eigenvalue weighted by molar-refractivity contribution is 5.18. The first kappa shape index (κ1) is 19.9. The van der Waals surface area contributed by atoms with E-state index >= 15 is 0 Å². The molecule has 5 nitrogen and oxygen atoms in total. The Morgan fingerprint density at radius 1 is 1.19 bits per heavy atom. The van der Waals surface area contributed by atoms with Crippen molar-refractivity contribution in [3.8, 4) is 0 Å². The molecule has 148 valence electrons. The fourth-order valence-corrected chi connectivity index (χ4v) is 3.80. The van der Waals surface area contributed by atoms with Gasteiger partial charge in [0.25, 0.3) is 0 Å². The standard InChI is InChI=1S/C20H28F2N4O/c1-3-26-15(2)17(11-23-26)13-24-7-8-25(18(14-24)6-9-27)12-16-4-5-19(21)20(22)10-16/h4-5,10-11,18,27H,3,6-9,12-14H2,1-2H3/t18-/m0/s1. The van der Waals surface area contributed by atoms with Crippen LogP contribution in [0.3, 0.4) is 0 Å². The molecule has 2 heterocycles. The minimum absolute atomic E-state index is 0.111. The fraction of sp³-hybridized carbons (Fsp3) is 0.550. The maximum Gasteiger partial charge on any atom is 0.159 e. The van der Waals surface area contributed by atoms with E-state index in [1.807, 2.05) is 10.9 Å². The molecule has 1 fully saturated rings. The molecule has 0 amide bonds. The van der Waals surface area contributed by atoms with Gasteiger partial charge in [-0.1, -0.05) is 6.07 Å². The quantitative estimate of drug-likeness (QED) is 0.804. The molecule has 0 spiro atoms. The van der Waals surface area contributed by atoms with Gasteiger partial charge in [-0.25, -0.2) is 8.78 Å². The molecule has 1 aromatic carbocycles. The zero-order valence-electron chi connectivity index (χ0n) is 16.0. The van der Waals surface area contributed by atoms with Crippen LogP contribution in [-0.4, -0.2) is 57.0 Å². The Morgan fingerprint density at radius 2 is 2.00 bits per heavy atom. The first-order valence-corrected chi connectivity index (χ1v) is 9.54. The molecule has 1 aromatic heterocycles. The topological polar surface area (TPSA) is 44.5 Å². The number of aromatic nitrogens is 2. The van der Waals surface area contributed by atoms with E-state index in [2.05, 4.69) is 28.7 Å². The van der Waals surface area contributed by atoms with Crippen molar-refractivity contribution in [2.24, 2.45) is 0 Å². The Labute approximate surface area is 159 Å². The Hall–Kier alpha value is -1.83. The predicted octanol–water partition coefficient (Wildman–Crippen LogP) is 2.56. The summed E-state index contributed by atoms with van der Waals surface area (Å²) in [7, 11) is 0. The van der Waals surface area contributed by atoms with E-state index in [-0.39, 0.29) is 12.6 Å². The summed E-state index contributed by atoms with van der Waals surface area (Å²) in [5, 5.41) is 13.9. The Bertz CT molecular complexity index is 764. The van der Waals surface area contributed by atoms with E-state index in [9.17, 15) is 13.9 Å². The smallest absolute Gasteiger partial charge is 0.159 e. The van der Waals surface area contributed by atoms with E-state index < -0.39 is 11.6 Å². The molecule has 0 bridgehead atoms. The summed E-state index contributed by atoms with van der Waals surface area (Å²) in [6, 6.07) is 4.25. The molecule has 1 aliphatic heterocycles. The second-order valence-corrected chi connectivity index (χ2v) is 7.19. The summed E-state index contributed by atoms with van der Waals surface area (Å²) >= 11 is 0. The maximum atomic E-state index is 13.5. The summed E-state index contributed by atoms with van der Waals surface area (Å²) < 4.78 is 28.7. The van der Waals surface area contributed by atoms with Gasteiger partial charge in [-0.2, -0.15) is 5.10 Å². The summed E-state index contributed by atoms with van der Waals surface area (Å²) in [5.41, 5.74) is 3.18. The van der Waals surface area contributed by atoms with Gasteiger partial charge in [0.05, 0.1) is 6.20 Å². The zero-order valence-corrected chi connectivity index (χ0v) is 16.0. The van der Waals surface area contributed by atoms with Crippen LogP contribution in [0, 0.1) is 18.6 Å². The van der Waals surface area contributed by atoms with Gasteiger partial charge in [-0.3, -0.25) is 14.5 Å². The van der Waals surface area contributed by atoms with Crippen LogP contribution in [0.5, 0.6) is 0 Å². The molecule has 1 atom stereocenters. The highest BCUT2D eigenvalue weighted by Gasteiger charge is 2.27. The minimum Gasteiger partial charge on any atom is -0.396 e. The summed E-state index contributed by atoms with van der Waals surface area (Å²) in [6.45, 7) is 9.10. The molecule has 27 heavy (non-hydrogen) atoms. The number of halogens is 2. The van der Waals surface area contributed by atoms with Gasteiger partial charge in [0, 0.05) is 63.2 Å². The SMILES string of the molecule is CCn1ncc(CN2CCN(Cc3ccc(F)c(F)c3)[C@@H](CCO)C2)c1C. The largest absolute Gasteiger partial charge is 0.396 e. The number of hydrogen-bond acceptors (Lipinski definition) is 4. The van der Waals surface area contributed by atoms with Gasteiger partial charge in [-0.05, 0) is 38.0 Å². The van der Waals surface area contributed by atoms with Crippen molar-refractivity contribution in [3.63, 3.8) is 0 Å². The van der Waals surface area contributed by atoms with Crippen LogP contribution in [0.4, 0.5) is 8.78 Å². The monoisotopic (exact) mass is 378 g/mol. The third kappa shape index (κ3) is 4.72. The van der Waals surface area contributed by atoms with Crippen molar-refractivity contribution in [1.29, 1.82) is 0 Å². The number of aliphatic hydroxyl groups excluding tert-OH is 1. The molecule has 0 unspecified atom stereocenters. The molecule has 1 saturated heterocycles. The fourth-order valence-electron chi connectivity index (χ4n) is 3.80. The van der Waals surface area contributed by atoms with E-state index in [1.165, 1.54) is 23.4 Å². The normalized spacial score (nSPS) is 18.9. The van der Waals surface area contributed by atoms with Crippen molar-refractivity contribution in [2.75, 3.05) is 26.2 Å². The van der Waals surface area contributed by atoms with Gasteiger partial charge in [0.1, 0.15) is 0 Å². The molecule has 7 heteroatoms. The number of rotatable bonds is 7. The number of hydrogen-bond donors (Lipinski definition) is 1. The van der Waals surface area contributed by atoms with Crippen LogP contribution in [0.1, 0.15) is 30.2 Å². The van der Waals surface area contributed by atoms with Gasteiger partial charge < -0.3 is 5.11 Å². The first-order valence-electron chi connectivity index (χ1n) is 9.54. The van der Waals surface area contributed by atoms with Crippen molar-refractivity contribution in [2.45, 2.75) is 45.9 Å². The lowest BCUT2D eigenvalue weighted by molar-refractivity contribution is 0.0498. The van der Waals surface area contributed by atoms with Crippen molar-refractivity contribution in [3.05, 3.63) is 52.9 Å². The van der Waals surface area contributed by atoms with Crippen LogP contribution in [0.25, 0.3) is 0 Å². The van der Waals surface area contributed by atoms with E-state index in [0.717, 1.165) is 38.3 Å². The average molecular weight is 378 g/mol. The zero-order chi connectivity index (χ0) is 19.4. The Morgan fingerprint density at radius 3 is 2.67 bits per heavy atom. The molecule has 0 saturated carbocycles. The predicted molar refractivity (Wildman–Crippen MR) is 100 cm³/mol. The highest BCUT2D eigenvalue weighted by Crippen LogP contribution is 2.20. The highest BCUT2D eigenvalue weighted by atomic mass is 19.2. The van der Waals surface area contributed by atoms with Crippen molar-refractivity contribution < 1.29 is 13.9 Å². The lowest BCUT2D eigenvalue weighted by Crippen LogP contribution is -2.52. The molecule has 1 aliphatic rings. The van der Waals surface area contributed by atoms with Crippen molar-refractivity contribution >= 4 is 0 Å².